The first-order valence-electron chi connectivity index (χ1n) is 26.0. The van der Waals surface area contributed by atoms with E-state index in [1.165, 1.54) is 43.0 Å². The molecule has 8 amide bonds. The monoisotopic (exact) mass is 1120 g/mol. The molecule has 0 heterocycles. The van der Waals surface area contributed by atoms with Crippen LogP contribution in [0.5, 0.6) is 5.75 Å². The van der Waals surface area contributed by atoms with Crippen LogP contribution in [0.15, 0.2) is 54.6 Å². The minimum atomic E-state index is -1.74. The van der Waals surface area contributed by atoms with E-state index in [9.17, 15) is 68.4 Å². The number of rotatable bonds is 38. The number of nitrogens with one attached hydrogen (secondary N) is 8. The number of aromatic hydroxyl groups is 1. The third-order valence-electron chi connectivity index (χ3n) is 12.7. The second-order valence-corrected chi connectivity index (χ2v) is 19.9. The van der Waals surface area contributed by atoms with Crippen LogP contribution in [0.25, 0.3) is 0 Å². The van der Waals surface area contributed by atoms with E-state index in [4.69, 9.17) is 17.2 Å². The van der Waals surface area contributed by atoms with Gasteiger partial charge in [-0.2, -0.15) is 11.8 Å². The van der Waals surface area contributed by atoms with Gasteiger partial charge in [0.25, 0.3) is 0 Å². The molecule has 26 heteroatoms. The van der Waals surface area contributed by atoms with Crippen molar-refractivity contribution in [3.63, 3.8) is 0 Å². The fourth-order valence-corrected chi connectivity index (χ4v) is 8.24. The number of phenolic OH excluding ortho intramolecular Hbond substituents is 1. The van der Waals surface area contributed by atoms with Gasteiger partial charge in [0.1, 0.15) is 54.1 Å². The maximum Gasteiger partial charge on any atom is 0.326 e. The Morgan fingerprint density at radius 1 is 0.538 bits per heavy atom. The summed E-state index contributed by atoms with van der Waals surface area (Å²) in [4.78, 5) is 134. The molecule has 25 nitrogen and oxygen atoms in total. The summed E-state index contributed by atoms with van der Waals surface area (Å²) in [6.45, 7) is 4.21. The molecule has 2 rings (SSSR count). The van der Waals surface area contributed by atoms with Gasteiger partial charge in [-0.05, 0) is 113 Å². The van der Waals surface area contributed by atoms with Crippen LogP contribution in [-0.4, -0.2) is 166 Å². The zero-order valence-corrected chi connectivity index (χ0v) is 45.6. The number of amides is 8. The first-order chi connectivity index (χ1) is 37.1. The van der Waals surface area contributed by atoms with Gasteiger partial charge in [-0.15, -0.1) is 0 Å². The lowest BCUT2D eigenvalue weighted by molar-refractivity contribution is -0.142. The molecule has 0 saturated carbocycles. The molecule has 0 spiro atoms. The van der Waals surface area contributed by atoms with Crippen LogP contribution in [0.2, 0.25) is 0 Å². The van der Waals surface area contributed by atoms with Gasteiger partial charge in [-0.1, -0.05) is 62.7 Å². The number of hydrogen-bond acceptors (Lipinski definition) is 16. The SMILES string of the molecule is CC[C@H](C)[C@H](NC(=O)[C@H](CCCCN)NC(=O)[C@H](CCC(=O)O)NC(=O)[C@H](CO)NC(=O)[C@H](C)NC(=O)[C@H](CCCCN)NC(=O)[C@@H](N)CCSC)C(=O)N[C@@H](Cc1ccccc1)C(=O)N[C@@H](Cc1ccc(O)cc1)C(=O)O. The normalized spacial score (nSPS) is 14.9. The number of carboxylic acid groups (broad SMARTS) is 2. The van der Waals surface area contributed by atoms with Crippen molar-refractivity contribution in [2.75, 3.05) is 31.7 Å². The van der Waals surface area contributed by atoms with E-state index >= 15 is 0 Å². The maximum absolute atomic E-state index is 14.3. The standard InChI is InChI=1S/C52H81N11O14S/c1-5-30(2)43(51(75)60-39(27-32-13-7-6-8-14-32)49(73)61-40(52(76)77)28-33-17-19-34(65)20-18-33)63-48(72)37(16-10-12-25-54)58-47(71)38(21-22-42(66)67)59-50(74)41(29-64)62-44(68)31(3)56-46(70)36(15-9-11-24-53)57-45(69)35(55)23-26-78-4/h6-8,13-14,17-20,30-31,35-41,43,64-65H,5,9-12,15-16,21-29,53-55H2,1-4H3,(H,56,70)(H,57,69)(H,58,71)(H,59,74)(H,60,75)(H,61,73)(H,62,68)(H,63,72)(H,66,67)(H,76,77)/t30-,31-,35-,36-,37-,38-,39-,40-,41-,43-/m0/s1. The second kappa shape index (κ2) is 36.3. The van der Waals surface area contributed by atoms with E-state index in [-0.39, 0.29) is 44.4 Å². The predicted molar refractivity (Wildman–Crippen MR) is 291 cm³/mol. The Hall–Kier alpha value is -6.87. The molecule has 0 radical (unpaired) electrons. The Bertz CT molecular complexity index is 2260. The lowest BCUT2D eigenvalue weighted by atomic mass is 9.96. The van der Waals surface area contributed by atoms with Crippen LogP contribution < -0.4 is 59.7 Å². The topological polar surface area (TPSA) is 426 Å². The molecule has 0 aliphatic carbocycles. The number of carbonyl (C=O) groups is 10. The molecule has 434 valence electrons. The third kappa shape index (κ3) is 24.6. The van der Waals surface area contributed by atoms with E-state index in [1.54, 1.807) is 44.2 Å². The molecular formula is C52H81N11O14S. The van der Waals surface area contributed by atoms with Gasteiger partial charge in [-0.25, -0.2) is 4.79 Å². The van der Waals surface area contributed by atoms with Crippen LogP contribution in [0.4, 0.5) is 0 Å². The van der Waals surface area contributed by atoms with Crippen molar-refractivity contribution in [2.24, 2.45) is 23.1 Å². The van der Waals surface area contributed by atoms with Gasteiger partial charge >= 0.3 is 11.9 Å². The van der Waals surface area contributed by atoms with Gasteiger partial charge in [-0.3, -0.25) is 43.2 Å². The first kappa shape index (κ1) is 67.2. The Kier molecular flexibility index (Phi) is 31.3. The molecule has 2 aromatic carbocycles. The highest BCUT2D eigenvalue weighted by atomic mass is 32.2. The number of aliphatic hydroxyl groups excluding tert-OH is 1. The highest BCUT2D eigenvalue weighted by Gasteiger charge is 2.36. The minimum Gasteiger partial charge on any atom is -0.508 e. The number of thioether (sulfide) groups is 1. The van der Waals surface area contributed by atoms with Crippen molar-refractivity contribution in [1.82, 2.24) is 42.5 Å². The van der Waals surface area contributed by atoms with E-state index in [1.807, 2.05) is 6.26 Å². The van der Waals surface area contributed by atoms with Gasteiger partial charge in [0, 0.05) is 19.3 Å². The van der Waals surface area contributed by atoms with Gasteiger partial charge < -0.3 is 80.2 Å². The molecule has 10 atom stereocenters. The smallest absolute Gasteiger partial charge is 0.326 e. The maximum atomic E-state index is 14.3. The predicted octanol–water partition coefficient (Wildman–Crippen LogP) is -1.60. The minimum absolute atomic E-state index is 0.0431. The number of unbranched alkanes of at least 4 members (excludes halogenated alkanes) is 2. The van der Waals surface area contributed by atoms with Gasteiger partial charge in [0.2, 0.25) is 47.3 Å². The summed E-state index contributed by atoms with van der Waals surface area (Å²) in [6.07, 6.45) is 2.86. The summed E-state index contributed by atoms with van der Waals surface area (Å²) >= 11 is 1.49. The lowest BCUT2D eigenvalue weighted by Crippen LogP contribution is -2.61. The molecule has 0 unspecified atom stereocenters. The average Bonchev–Trinajstić information content (AvgIpc) is 3.41. The van der Waals surface area contributed by atoms with Crippen molar-refractivity contribution in [3.8, 4) is 5.75 Å². The highest BCUT2D eigenvalue weighted by Crippen LogP contribution is 2.15. The third-order valence-corrected chi connectivity index (χ3v) is 13.3. The van der Waals surface area contributed by atoms with Crippen molar-refractivity contribution in [1.29, 1.82) is 0 Å². The molecule has 0 bridgehead atoms. The van der Waals surface area contributed by atoms with Crippen molar-refractivity contribution in [2.45, 2.75) is 152 Å². The van der Waals surface area contributed by atoms with Crippen LogP contribution in [-0.2, 0) is 60.8 Å². The molecule has 0 aliphatic rings. The Morgan fingerprint density at radius 2 is 1.00 bits per heavy atom. The summed E-state index contributed by atoms with van der Waals surface area (Å²) in [7, 11) is 0. The number of benzene rings is 2. The van der Waals surface area contributed by atoms with E-state index in [2.05, 4.69) is 42.5 Å². The Balaban J connectivity index is 2.35. The number of hydrogen-bond donors (Lipinski definition) is 15. The molecule has 78 heavy (non-hydrogen) atoms. The first-order valence-corrected chi connectivity index (χ1v) is 27.4. The molecule has 2 aromatic rings. The summed E-state index contributed by atoms with van der Waals surface area (Å²) in [5.41, 5.74) is 18.5. The van der Waals surface area contributed by atoms with Crippen molar-refractivity contribution >= 4 is 71.0 Å². The number of carbonyl (C=O) groups excluding carboxylic acids is 8. The summed E-state index contributed by atoms with van der Waals surface area (Å²) < 4.78 is 0. The number of aliphatic hydroxyl groups is 1. The van der Waals surface area contributed by atoms with Crippen LogP contribution >= 0.6 is 11.8 Å². The largest absolute Gasteiger partial charge is 0.508 e. The summed E-state index contributed by atoms with van der Waals surface area (Å²) in [6, 6.07) is 2.01. The molecule has 0 fully saturated rings. The zero-order valence-electron chi connectivity index (χ0n) is 44.8. The summed E-state index contributed by atoms with van der Waals surface area (Å²) in [5.74, 6) is -9.72. The highest BCUT2D eigenvalue weighted by molar-refractivity contribution is 7.98. The van der Waals surface area contributed by atoms with E-state index in [0.29, 0.717) is 55.5 Å². The zero-order chi connectivity index (χ0) is 58.3. The fourth-order valence-electron chi connectivity index (χ4n) is 7.75. The van der Waals surface area contributed by atoms with Crippen molar-refractivity contribution < 1.29 is 68.4 Å². The van der Waals surface area contributed by atoms with E-state index < -0.39 is 139 Å². The quantitative estimate of drug-likeness (QED) is 0.0337. The molecule has 0 saturated heterocycles. The van der Waals surface area contributed by atoms with Crippen LogP contribution in [0.1, 0.15) is 96.1 Å². The Labute approximate surface area is 458 Å². The van der Waals surface area contributed by atoms with Crippen LogP contribution in [0.3, 0.4) is 0 Å². The van der Waals surface area contributed by atoms with Gasteiger partial charge in [0.15, 0.2) is 0 Å². The number of carboxylic acids is 2. The Morgan fingerprint density at radius 3 is 1.53 bits per heavy atom. The lowest BCUT2D eigenvalue weighted by Gasteiger charge is -2.29. The molecule has 18 N–H and O–H groups in total. The molecular weight excluding hydrogens is 1030 g/mol. The number of nitrogens with two attached hydrogens (primary N) is 3. The second-order valence-electron chi connectivity index (χ2n) is 18.9. The molecule has 0 aliphatic heterocycles. The number of phenols is 1. The fraction of sp³-hybridized carbons (Fsp3) is 0.577. The number of aliphatic carboxylic acids is 2. The molecule has 0 aromatic heterocycles. The van der Waals surface area contributed by atoms with E-state index in [0.717, 1.165) is 0 Å². The van der Waals surface area contributed by atoms with Crippen LogP contribution in [0, 0.1) is 5.92 Å². The van der Waals surface area contributed by atoms with Crippen molar-refractivity contribution in [3.05, 3.63) is 65.7 Å². The summed E-state index contributed by atoms with van der Waals surface area (Å²) in [5, 5.41) is 59.7. The van der Waals surface area contributed by atoms with Gasteiger partial charge in [0.05, 0.1) is 12.6 Å². The average molecular weight is 1120 g/mol.